The van der Waals surface area contributed by atoms with Gasteiger partial charge in [0.05, 0.1) is 19.1 Å². The Morgan fingerprint density at radius 2 is 1.70 bits per heavy atom. The van der Waals surface area contributed by atoms with Crippen molar-refractivity contribution >= 4 is 25.7 Å². The van der Waals surface area contributed by atoms with E-state index in [-0.39, 0.29) is 21.2 Å². The summed E-state index contributed by atoms with van der Waals surface area (Å²) >= 11 is 0. The molecule has 30 heavy (non-hydrogen) atoms. The lowest BCUT2D eigenvalue weighted by atomic mass is 10.0. The average molecular weight is 455 g/mol. The normalized spacial score (nSPS) is 18.0. The molecule has 8 nitrogen and oxygen atoms in total. The van der Waals surface area contributed by atoms with Gasteiger partial charge in [-0.3, -0.25) is 4.72 Å². The minimum Gasteiger partial charge on any atom is -0.497 e. The van der Waals surface area contributed by atoms with Crippen LogP contribution in [0.4, 0.5) is 5.69 Å². The van der Waals surface area contributed by atoms with Crippen LogP contribution in [0.15, 0.2) is 52.3 Å². The quantitative estimate of drug-likeness (QED) is 0.690. The SMILES string of the molecule is COc1ccc(OC)c(S(=O)(=O)Nc2ccc(S(=O)(=O)N3CCCC(C)C3)cc2)c1. The van der Waals surface area contributed by atoms with E-state index in [0.29, 0.717) is 24.8 Å². The van der Waals surface area contributed by atoms with Crippen molar-refractivity contribution in [2.45, 2.75) is 29.6 Å². The van der Waals surface area contributed by atoms with E-state index in [1.807, 2.05) is 6.92 Å². The van der Waals surface area contributed by atoms with Gasteiger partial charge in [0.15, 0.2) is 0 Å². The van der Waals surface area contributed by atoms with Crippen LogP contribution in [0.3, 0.4) is 0 Å². The molecule has 0 aromatic heterocycles. The van der Waals surface area contributed by atoms with Crippen LogP contribution in [0.5, 0.6) is 11.5 Å². The molecular formula is C20H26N2O6S2. The van der Waals surface area contributed by atoms with Crippen LogP contribution < -0.4 is 14.2 Å². The fourth-order valence-corrected chi connectivity index (χ4v) is 6.25. The summed E-state index contributed by atoms with van der Waals surface area (Å²) < 4.78 is 65.6. The molecule has 1 aliphatic heterocycles. The molecule has 2 aromatic rings. The zero-order valence-corrected chi connectivity index (χ0v) is 18.8. The number of hydrogen-bond donors (Lipinski definition) is 1. The third-order valence-corrected chi connectivity index (χ3v) is 8.31. The van der Waals surface area contributed by atoms with Gasteiger partial charge in [-0.25, -0.2) is 16.8 Å². The van der Waals surface area contributed by atoms with Crippen LogP contribution in [0.2, 0.25) is 0 Å². The van der Waals surface area contributed by atoms with E-state index >= 15 is 0 Å². The highest BCUT2D eigenvalue weighted by atomic mass is 32.2. The van der Waals surface area contributed by atoms with Crippen molar-refractivity contribution in [1.82, 2.24) is 4.31 Å². The Morgan fingerprint density at radius 1 is 1.00 bits per heavy atom. The number of rotatable bonds is 7. The van der Waals surface area contributed by atoms with Gasteiger partial charge in [-0.05, 0) is 55.2 Å². The summed E-state index contributed by atoms with van der Waals surface area (Å²) in [6, 6.07) is 10.2. The fourth-order valence-electron chi connectivity index (χ4n) is 3.41. The molecule has 0 aliphatic carbocycles. The van der Waals surface area contributed by atoms with Crippen molar-refractivity contribution in [1.29, 1.82) is 0 Å². The molecule has 2 aromatic carbocycles. The maximum absolute atomic E-state index is 12.9. The summed E-state index contributed by atoms with van der Waals surface area (Å²) in [4.78, 5) is 0.0573. The summed E-state index contributed by atoms with van der Waals surface area (Å²) in [5.41, 5.74) is 0.242. The minimum absolute atomic E-state index is 0.0802. The first-order valence-corrected chi connectivity index (χ1v) is 12.4. The summed E-state index contributed by atoms with van der Waals surface area (Å²) in [7, 11) is -4.77. The van der Waals surface area contributed by atoms with Crippen molar-refractivity contribution in [2.24, 2.45) is 5.92 Å². The Morgan fingerprint density at radius 3 is 2.30 bits per heavy atom. The van der Waals surface area contributed by atoms with Gasteiger partial charge in [-0.1, -0.05) is 6.92 Å². The van der Waals surface area contributed by atoms with Gasteiger partial charge < -0.3 is 9.47 Å². The molecule has 1 fully saturated rings. The monoisotopic (exact) mass is 454 g/mol. The topological polar surface area (TPSA) is 102 Å². The van der Waals surface area contributed by atoms with Gasteiger partial charge in [0.1, 0.15) is 16.4 Å². The average Bonchev–Trinajstić information content (AvgIpc) is 2.73. The van der Waals surface area contributed by atoms with Gasteiger partial charge >= 0.3 is 0 Å². The molecular weight excluding hydrogens is 428 g/mol. The fraction of sp³-hybridized carbons (Fsp3) is 0.400. The minimum atomic E-state index is -3.98. The Labute approximate surface area is 177 Å². The van der Waals surface area contributed by atoms with Gasteiger partial charge in [0.25, 0.3) is 10.0 Å². The number of methoxy groups -OCH3 is 2. The van der Waals surface area contributed by atoms with Crippen molar-refractivity contribution in [3.63, 3.8) is 0 Å². The lowest BCUT2D eigenvalue weighted by Gasteiger charge is -2.30. The third-order valence-electron chi connectivity index (χ3n) is 5.02. The second-order valence-corrected chi connectivity index (χ2v) is 10.8. The highest BCUT2D eigenvalue weighted by Gasteiger charge is 2.28. The number of nitrogens with zero attached hydrogens (tertiary/aromatic N) is 1. The number of hydrogen-bond acceptors (Lipinski definition) is 6. The molecule has 0 bridgehead atoms. The van der Waals surface area contributed by atoms with Crippen LogP contribution in [0.25, 0.3) is 0 Å². The van der Waals surface area contributed by atoms with E-state index in [1.54, 1.807) is 6.07 Å². The van der Waals surface area contributed by atoms with Crippen molar-refractivity contribution < 1.29 is 26.3 Å². The molecule has 0 radical (unpaired) electrons. The van der Waals surface area contributed by atoms with Gasteiger partial charge in [0.2, 0.25) is 10.0 Å². The highest BCUT2D eigenvalue weighted by Crippen LogP contribution is 2.30. The second kappa shape index (κ2) is 8.83. The largest absolute Gasteiger partial charge is 0.497 e. The van der Waals surface area contributed by atoms with E-state index in [2.05, 4.69) is 4.72 Å². The molecule has 1 atom stereocenters. The van der Waals surface area contributed by atoms with Gasteiger partial charge in [0, 0.05) is 24.8 Å². The molecule has 0 saturated carbocycles. The smallest absolute Gasteiger partial charge is 0.265 e. The molecule has 1 unspecified atom stereocenters. The predicted molar refractivity (Wildman–Crippen MR) is 114 cm³/mol. The van der Waals surface area contributed by atoms with Crippen LogP contribution in [0, 0.1) is 5.92 Å². The first kappa shape index (κ1) is 22.4. The van der Waals surface area contributed by atoms with E-state index in [1.165, 1.54) is 54.9 Å². The van der Waals surface area contributed by atoms with Crippen LogP contribution in [0.1, 0.15) is 19.8 Å². The lowest BCUT2D eigenvalue weighted by Crippen LogP contribution is -2.39. The summed E-state index contributed by atoms with van der Waals surface area (Å²) in [5, 5.41) is 0. The number of anilines is 1. The molecule has 164 valence electrons. The highest BCUT2D eigenvalue weighted by molar-refractivity contribution is 7.92. The van der Waals surface area contributed by atoms with Crippen LogP contribution in [-0.2, 0) is 20.0 Å². The standard InChI is InChI=1S/C20H26N2O6S2/c1-15-5-4-12-22(14-15)30(25,26)18-9-6-16(7-10-18)21-29(23,24)20-13-17(27-2)8-11-19(20)28-3/h6-11,13,15,21H,4-5,12,14H2,1-3H3. The first-order chi connectivity index (χ1) is 14.2. The predicted octanol–water partition coefficient (Wildman–Crippen LogP) is 2.93. The van der Waals surface area contributed by atoms with E-state index in [0.717, 1.165) is 12.8 Å². The maximum atomic E-state index is 12.9. The molecule has 0 amide bonds. The Hall–Kier alpha value is -2.30. The van der Waals surface area contributed by atoms with Gasteiger partial charge in [-0.2, -0.15) is 4.31 Å². The number of sulfonamides is 2. The molecule has 1 heterocycles. The van der Waals surface area contributed by atoms with Crippen molar-refractivity contribution in [3.05, 3.63) is 42.5 Å². The molecule has 1 saturated heterocycles. The summed E-state index contributed by atoms with van der Waals surface area (Å²) in [5.74, 6) is 0.854. The molecule has 3 rings (SSSR count). The summed E-state index contributed by atoms with van der Waals surface area (Å²) in [6.07, 6.45) is 1.85. The Kier molecular flexibility index (Phi) is 6.59. The van der Waals surface area contributed by atoms with E-state index in [9.17, 15) is 16.8 Å². The third kappa shape index (κ3) is 4.71. The molecule has 10 heteroatoms. The van der Waals surface area contributed by atoms with E-state index < -0.39 is 20.0 Å². The van der Waals surface area contributed by atoms with Gasteiger partial charge in [-0.15, -0.1) is 0 Å². The first-order valence-electron chi connectivity index (χ1n) is 9.52. The van der Waals surface area contributed by atoms with Crippen molar-refractivity contribution in [3.8, 4) is 11.5 Å². The molecule has 0 spiro atoms. The summed E-state index contributed by atoms with van der Waals surface area (Å²) in [6.45, 7) is 3.02. The lowest BCUT2D eigenvalue weighted by molar-refractivity contribution is 0.281. The maximum Gasteiger partial charge on any atom is 0.265 e. The number of ether oxygens (including phenoxy) is 2. The molecule has 1 N–H and O–H groups in total. The Balaban J connectivity index is 1.83. The van der Waals surface area contributed by atoms with Crippen LogP contribution in [-0.4, -0.2) is 48.4 Å². The number of benzene rings is 2. The van der Waals surface area contributed by atoms with E-state index in [4.69, 9.17) is 9.47 Å². The zero-order valence-electron chi connectivity index (χ0n) is 17.2. The number of piperidine rings is 1. The Bertz CT molecular complexity index is 1100. The second-order valence-electron chi connectivity index (χ2n) is 7.26. The molecule has 1 aliphatic rings. The number of nitrogens with one attached hydrogen (secondary N) is 1. The zero-order chi connectivity index (χ0) is 21.9. The van der Waals surface area contributed by atoms with Crippen molar-refractivity contribution in [2.75, 3.05) is 32.0 Å². The van der Waals surface area contributed by atoms with Crippen LogP contribution >= 0.6 is 0 Å².